The van der Waals surface area contributed by atoms with Crippen LogP contribution in [0.4, 0.5) is 13.2 Å². The summed E-state index contributed by atoms with van der Waals surface area (Å²) in [6, 6.07) is 1.80. The Labute approximate surface area is 123 Å². The highest BCUT2D eigenvalue weighted by Crippen LogP contribution is 2.21. The molecule has 2 aromatic rings. The van der Waals surface area contributed by atoms with Crippen LogP contribution in [0.1, 0.15) is 12.3 Å². The maximum atomic E-state index is 12.5. The van der Waals surface area contributed by atoms with Crippen molar-refractivity contribution in [3.63, 3.8) is 0 Å². The van der Waals surface area contributed by atoms with Crippen molar-refractivity contribution in [3.05, 3.63) is 22.7 Å². The third kappa shape index (κ3) is 5.10. The van der Waals surface area contributed by atoms with E-state index in [1.807, 2.05) is 10.8 Å². The van der Waals surface area contributed by atoms with Crippen molar-refractivity contribution in [2.45, 2.75) is 19.1 Å². The molecule has 2 heterocycles. The summed E-state index contributed by atoms with van der Waals surface area (Å²) in [7, 11) is 0. The van der Waals surface area contributed by atoms with Gasteiger partial charge in [0.25, 0.3) is 0 Å². The summed E-state index contributed by atoms with van der Waals surface area (Å²) in [5, 5.41) is 16.2. The lowest BCUT2D eigenvalue weighted by molar-refractivity contribution is -0.148. The molecular weight excluding hydrogens is 307 g/mol. The Bertz CT molecular complexity index is 542. The van der Waals surface area contributed by atoms with Crippen molar-refractivity contribution >= 4 is 11.3 Å². The molecule has 0 aliphatic rings. The number of aliphatic hydroxyl groups is 1. The van der Waals surface area contributed by atoms with Gasteiger partial charge in [-0.25, -0.2) is 0 Å². The molecule has 0 fully saturated rings. The van der Waals surface area contributed by atoms with Crippen molar-refractivity contribution < 1.29 is 22.8 Å². The molecule has 2 rings (SSSR count). The predicted octanol–water partition coefficient (Wildman–Crippen LogP) is 2.54. The lowest BCUT2D eigenvalue weighted by Crippen LogP contribution is -2.35. The third-order valence-electron chi connectivity index (χ3n) is 2.64. The first-order valence-corrected chi connectivity index (χ1v) is 7.17. The molecule has 0 aliphatic heterocycles. The van der Waals surface area contributed by atoms with Gasteiger partial charge in [0, 0.05) is 24.1 Å². The van der Waals surface area contributed by atoms with Gasteiger partial charge in [-0.15, -0.1) is 0 Å². The van der Waals surface area contributed by atoms with Crippen molar-refractivity contribution in [1.82, 2.24) is 15.0 Å². The second-order valence-electron chi connectivity index (χ2n) is 4.43. The van der Waals surface area contributed by atoms with Gasteiger partial charge >= 0.3 is 6.18 Å². The Kier molecular flexibility index (Phi) is 5.32. The molecule has 5 nitrogen and oxygen atoms in total. The van der Waals surface area contributed by atoms with E-state index in [1.54, 1.807) is 6.07 Å². The zero-order valence-corrected chi connectivity index (χ0v) is 11.8. The molecule has 0 aromatic carbocycles. The fraction of sp³-hybridized carbons (Fsp3) is 0.500. The predicted molar refractivity (Wildman–Crippen MR) is 70.6 cm³/mol. The lowest BCUT2D eigenvalue weighted by Gasteiger charge is -2.21. The van der Waals surface area contributed by atoms with Gasteiger partial charge in [-0.1, -0.05) is 5.16 Å². The highest BCUT2D eigenvalue weighted by Gasteiger charge is 2.31. The first kappa shape index (κ1) is 15.9. The van der Waals surface area contributed by atoms with Crippen molar-refractivity contribution in [3.8, 4) is 11.4 Å². The molecule has 21 heavy (non-hydrogen) atoms. The minimum absolute atomic E-state index is 0.101. The fourth-order valence-corrected chi connectivity index (χ4v) is 2.42. The number of nitrogens with zero attached hydrogens (tertiary/aromatic N) is 3. The maximum Gasteiger partial charge on any atom is 0.401 e. The van der Waals surface area contributed by atoms with Crippen LogP contribution in [0.2, 0.25) is 0 Å². The van der Waals surface area contributed by atoms with Gasteiger partial charge in [-0.3, -0.25) is 4.90 Å². The summed E-state index contributed by atoms with van der Waals surface area (Å²) in [5.74, 6) is 0.485. The zero-order chi connectivity index (χ0) is 15.3. The van der Waals surface area contributed by atoms with Crippen LogP contribution >= 0.6 is 11.3 Å². The fourth-order valence-electron chi connectivity index (χ4n) is 1.78. The highest BCUT2D eigenvalue weighted by molar-refractivity contribution is 7.08. The quantitative estimate of drug-likeness (QED) is 0.849. The van der Waals surface area contributed by atoms with Crippen LogP contribution in [-0.4, -0.2) is 46.0 Å². The van der Waals surface area contributed by atoms with Crippen LogP contribution in [-0.2, 0) is 6.54 Å². The first-order chi connectivity index (χ1) is 9.98. The number of hydrogen-bond donors (Lipinski definition) is 1. The molecule has 0 spiro atoms. The molecule has 0 saturated heterocycles. The van der Waals surface area contributed by atoms with E-state index in [0.29, 0.717) is 5.82 Å². The molecule has 116 valence electrons. The Morgan fingerprint density at radius 1 is 1.38 bits per heavy atom. The summed E-state index contributed by atoms with van der Waals surface area (Å²) in [6.45, 7) is -1.25. The number of rotatable bonds is 7. The van der Waals surface area contributed by atoms with E-state index in [2.05, 4.69) is 10.1 Å². The molecule has 0 saturated carbocycles. The van der Waals surface area contributed by atoms with E-state index in [-0.39, 0.29) is 32.0 Å². The average Bonchev–Trinajstić information content (AvgIpc) is 3.04. The summed E-state index contributed by atoms with van der Waals surface area (Å²) < 4.78 is 42.5. The minimum Gasteiger partial charge on any atom is -0.396 e. The Morgan fingerprint density at radius 2 is 2.19 bits per heavy atom. The van der Waals surface area contributed by atoms with Crippen molar-refractivity contribution in [2.75, 3.05) is 19.7 Å². The Balaban J connectivity index is 2.02. The normalized spacial score (nSPS) is 12.2. The molecule has 0 amide bonds. The SMILES string of the molecule is OCCCN(Cc1nc(-c2ccsc2)no1)CC(F)(F)F. The van der Waals surface area contributed by atoms with Crippen molar-refractivity contribution in [2.24, 2.45) is 0 Å². The molecule has 1 N–H and O–H groups in total. The second-order valence-corrected chi connectivity index (χ2v) is 5.21. The summed E-state index contributed by atoms with van der Waals surface area (Å²) in [6.07, 6.45) is -4.06. The van der Waals surface area contributed by atoms with Gasteiger partial charge in [0.2, 0.25) is 11.7 Å². The van der Waals surface area contributed by atoms with Crippen LogP contribution in [0.25, 0.3) is 11.4 Å². The molecule has 0 unspecified atom stereocenters. The van der Waals surface area contributed by atoms with Crippen LogP contribution in [0.15, 0.2) is 21.3 Å². The third-order valence-corrected chi connectivity index (χ3v) is 3.32. The number of halogens is 3. The molecule has 2 aromatic heterocycles. The van der Waals surface area contributed by atoms with Crippen molar-refractivity contribution in [1.29, 1.82) is 0 Å². The summed E-state index contributed by atoms with van der Waals surface area (Å²) >= 11 is 1.47. The minimum atomic E-state index is -4.31. The molecule has 0 aliphatic carbocycles. The van der Waals surface area contributed by atoms with Crippen LogP contribution in [0.5, 0.6) is 0 Å². The smallest absolute Gasteiger partial charge is 0.396 e. The topological polar surface area (TPSA) is 62.4 Å². The van der Waals surface area contributed by atoms with Gasteiger partial charge in [-0.05, 0) is 17.9 Å². The summed E-state index contributed by atoms with van der Waals surface area (Å²) in [4.78, 5) is 5.21. The van der Waals surface area contributed by atoms with Crippen LogP contribution in [0.3, 0.4) is 0 Å². The molecular formula is C12H14F3N3O2S. The average molecular weight is 321 g/mol. The largest absolute Gasteiger partial charge is 0.401 e. The molecule has 0 atom stereocenters. The number of aromatic nitrogens is 2. The number of hydrogen-bond acceptors (Lipinski definition) is 6. The van der Waals surface area contributed by atoms with Crippen LogP contribution in [0, 0.1) is 0 Å². The van der Waals surface area contributed by atoms with E-state index >= 15 is 0 Å². The number of thiophene rings is 1. The number of alkyl halides is 3. The van der Waals surface area contributed by atoms with Gasteiger partial charge in [-0.2, -0.15) is 29.5 Å². The van der Waals surface area contributed by atoms with E-state index < -0.39 is 12.7 Å². The highest BCUT2D eigenvalue weighted by atomic mass is 32.1. The molecule has 0 radical (unpaired) electrons. The monoisotopic (exact) mass is 321 g/mol. The first-order valence-electron chi connectivity index (χ1n) is 6.23. The van der Waals surface area contributed by atoms with Gasteiger partial charge in [0.15, 0.2) is 0 Å². The Hall–Kier alpha value is -1.45. The standard InChI is InChI=1S/C12H14F3N3O2S/c13-12(14,15)8-18(3-1-4-19)6-10-16-11(17-20-10)9-2-5-21-7-9/h2,5,7,19H,1,3-4,6,8H2. The Morgan fingerprint density at radius 3 is 2.81 bits per heavy atom. The molecule has 0 bridgehead atoms. The van der Waals surface area contributed by atoms with E-state index in [4.69, 9.17) is 9.63 Å². The van der Waals surface area contributed by atoms with E-state index in [1.165, 1.54) is 11.3 Å². The van der Waals surface area contributed by atoms with Gasteiger partial charge in [0.1, 0.15) is 0 Å². The number of aliphatic hydroxyl groups excluding tert-OH is 1. The summed E-state index contributed by atoms with van der Waals surface area (Å²) in [5.41, 5.74) is 0.771. The van der Waals surface area contributed by atoms with Gasteiger partial charge < -0.3 is 9.63 Å². The second kappa shape index (κ2) is 7.01. The zero-order valence-electron chi connectivity index (χ0n) is 11.0. The van der Waals surface area contributed by atoms with E-state index in [9.17, 15) is 13.2 Å². The van der Waals surface area contributed by atoms with E-state index in [0.717, 1.165) is 10.5 Å². The van der Waals surface area contributed by atoms with Gasteiger partial charge in [0.05, 0.1) is 13.1 Å². The van der Waals surface area contributed by atoms with Crippen LogP contribution < -0.4 is 0 Å². The molecule has 9 heteroatoms. The maximum absolute atomic E-state index is 12.5. The lowest BCUT2D eigenvalue weighted by atomic mass is 10.3.